The number of nitro groups is 1. The summed E-state index contributed by atoms with van der Waals surface area (Å²) in [6.45, 7) is 6.44. The highest BCUT2D eigenvalue weighted by Crippen LogP contribution is 2.32. The number of benzene rings is 2. The summed E-state index contributed by atoms with van der Waals surface area (Å²) in [7, 11) is 1.71. The molecular weight excluding hydrogens is 368 g/mol. The van der Waals surface area contributed by atoms with E-state index in [0.717, 1.165) is 44.2 Å². The Kier molecular flexibility index (Phi) is 5.31. The van der Waals surface area contributed by atoms with E-state index in [4.69, 9.17) is 4.74 Å². The van der Waals surface area contributed by atoms with Crippen LogP contribution in [0.2, 0.25) is 0 Å². The zero-order valence-electron chi connectivity index (χ0n) is 16.7. The topological polar surface area (TPSA) is 71.7 Å². The number of non-ortho nitro benzene ring substituents is 1. The first kappa shape index (κ1) is 19.1. The van der Waals surface area contributed by atoms with E-state index in [1.807, 2.05) is 12.1 Å². The van der Waals surface area contributed by atoms with E-state index in [-0.39, 0.29) is 10.6 Å². The average molecular weight is 392 g/mol. The van der Waals surface area contributed by atoms with Gasteiger partial charge in [-0.25, -0.2) is 0 Å². The molecule has 2 heterocycles. The second-order valence-corrected chi connectivity index (χ2v) is 7.34. The zero-order chi connectivity index (χ0) is 20.4. The van der Waals surface area contributed by atoms with Crippen molar-refractivity contribution in [2.24, 2.45) is 0 Å². The third-order valence-electron chi connectivity index (χ3n) is 5.46. The van der Waals surface area contributed by atoms with Crippen molar-refractivity contribution in [2.75, 3.05) is 38.2 Å². The zero-order valence-corrected chi connectivity index (χ0v) is 16.7. The Bertz CT molecular complexity index is 1050. The van der Waals surface area contributed by atoms with Gasteiger partial charge in [-0.15, -0.1) is 0 Å². The Hall–Kier alpha value is -3.19. The Labute approximate surface area is 169 Å². The fourth-order valence-electron chi connectivity index (χ4n) is 3.98. The first-order chi connectivity index (χ1) is 14.1. The number of methoxy groups -OCH3 is 1. The monoisotopic (exact) mass is 392 g/mol. The third-order valence-corrected chi connectivity index (χ3v) is 5.46. The summed E-state index contributed by atoms with van der Waals surface area (Å²) in [5.74, 6) is 0.920. The number of piperazine rings is 1. The van der Waals surface area contributed by atoms with Gasteiger partial charge in [0.25, 0.3) is 5.69 Å². The molecule has 7 heteroatoms. The van der Waals surface area contributed by atoms with E-state index in [9.17, 15) is 10.1 Å². The summed E-state index contributed by atoms with van der Waals surface area (Å²) in [5, 5.41) is 11.9. The molecule has 0 atom stereocenters. The molecule has 1 aliphatic heterocycles. The summed E-state index contributed by atoms with van der Waals surface area (Å²) in [6.07, 6.45) is 1.69. The van der Waals surface area contributed by atoms with Gasteiger partial charge in [0, 0.05) is 50.6 Å². The maximum Gasteiger partial charge on any atom is 0.278 e. The molecule has 29 heavy (non-hydrogen) atoms. The fourth-order valence-corrected chi connectivity index (χ4v) is 3.98. The molecule has 150 valence electrons. The van der Waals surface area contributed by atoms with Crippen molar-refractivity contribution in [1.29, 1.82) is 0 Å². The lowest BCUT2D eigenvalue weighted by Gasteiger charge is -2.36. The van der Waals surface area contributed by atoms with Gasteiger partial charge >= 0.3 is 0 Å². The molecule has 1 saturated heterocycles. The van der Waals surface area contributed by atoms with Crippen molar-refractivity contribution in [3.05, 3.63) is 69.9 Å². The molecule has 0 spiro atoms. The van der Waals surface area contributed by atoms with Gasteiger partial charge in [-0.3, -0.25) is 20.0 Å². The van der Waals surface area contributed by atoms with Crippen LogP contribution in [0.1, 0.15) is 11.1 Å². The lowest BCUT2D eigenvalue weighted by molar-refractivity contribution is -0.383. The van der Waals surface area contributed by atoms with Gasteiger partial charge in [0.15, 0.2) is 0 Å². The molecular formula is C22H24N4O3. The van der Waals surface area contributed by atoms with Crippen LogP contribution in [0.5, 0.6) is 5.75 Å². The summed E-state index contributed by atoms with van der Waals surface area (Å²) >= 11 is 0. The largest absolute Gasteiger partial charge is 0.496 e. The van der Waals surface area contributed by atoms with Gasteiger partial charge in [0.05, 0.1) is 23.1 Å². The van der Waals surface area contributed by atoms with Gasteiger partial charge in [0.1, 0.15) is 11.3 Å². The van der Waals surface area contributed by atoms with Crippen molar-refractivity contribution in [1.82, 2.24) is 9.88 Å². The van der Waals surface area contributed by atoms with Gasteiger partial charge in [-0.05, 0) is 31.2 Å². The summed E-state index contributed by atoms with van der Waals surface area (Å²) in [4.78, 5) is 20.1. The molecule has 1 aliphatic rings. The number of fused-ring (bicyclic) bond motifs is 1. The quantitative estimate of drug-likeness (QED) is 0.486. The summed E-state index contributed by atoms with van der Waals surface area (Å²) in [6, 6.07) is 13.2. The second-order valence-electron chi connectivity index (χ2n) is 7.34. The van der Waals surface area contributed by atoms with Crippen LogP contribution in [0.4, 0.5) is 11.4 Å². The number of pyridine rings is 1. The molecule has 0 aliphatic carbocycles. The molecule has 1 fully saturated rings. The summed E-state index contributed by atoms with van der Waals surface area (Å²) < 4.78 is 5.51. The van der Waals surface area contributed by atoms with Crippen LogP contribution >= 0.6 is 0 Å². The average Bonchev–Trinajstić information content (AvgIpc) is 2.73. The molecule has 0 amide bonds. The van der Waals surface area contributed by atoms with Crippen molar-refractivity contribution < 1.29 is 9.66 Å². The standard InChI is InChI=1S/C22H24N4O3/c1-16-5-8-21(29-2)17(14-16)15-24-10-12-25(13-11-24)20-7-6-19(26(27)28)18-4-3-9-23-22(18)20/h3-9,14H,10-13,15H2,1-2H3. The molecule has 1 aromatic heterocycles. The van der Waals surface area contributed by atoms with E-state index in [0.29, 0.717) is 10.9 Å². The highest BCUT2D eigenvalue weighted by atomic mass is 16.6. The minimum absolute atomic E-state index is 0.0991. The molecule has 2 aromatic carbocycles. The lowest BCUT2D eigenvalue weighted by atomic mass is 10.1. The molecule has 4 rings (SSSR count). The van der Waals surface area contributed by atoms with Crippen LogP contribution in [-0.2, 0) is 6.54 Å². The molecule has 0 radical (unpaired) electrons. The van der Waals surface area contributed by atoms with Gasteiger partial charge in [-0.1, -0.05) is 17.7 Å². The lowest BCUT2D eigenvalue weighted by Crippen LogP contribution is -2.46. The number of rotatable bonds is 5. The molecule has 0 unspecified atom stereocenters. The number of ether oxygens (including phenoxy) is 1. The Morgan fingerprint density at radius 3 is 2.66 bits per heavy atom. The van der Waals surface area contributed by atoms with Crippen LogP contribution in [0, 0.1) is 17.0 Å². The SMILES string of the molecule is COc1ccc(C)cc1CN1CCN(c2ccc([N+](=O)[O-])c3cccnc23)CC1. The van der Waals surface area contributed by atoms with Crippen molar-refractivity contribution in [2.45, 2.75) is 13.5 Å². The molecule has 0 N–H and O–H groups in total. The maximum atomic E-state index is 11.3. The first-order valence-corrected chi connectivity index (χ1v) is 9.70. The number of anilines is 1. The van der Waals surface area contributed by atoms with Crippen molar-refractivity contribution in [3.63, 3.8) is 0 Å². The minimum atomic E-state index is -0.346. The van der Waals surface area contributed by atoms with E-state index < -0.39 is 0 Å². The van der Waals surface area contributed by atoms with Crippen LogP contribution in [0.3, 0.4) is 0 Å². The van der Waals surface area contributed by atoms with Crippen LogP contribution < -0.4 is 9.64 Å². The minimum Gasteiger partial charge on any atom is -0.496 e. The first-order valence-electron chi connectivity index (χ1n) is 9.70. The fraction of sp³-hybridized carbons (Fsp3) is 0.318. The van der Waals surface area contributed by atoms with E-state index in [2.05, 4.69) is 33.8 Å². The van der Waals surface area contributed by atoms with Crippen LogP contribution in [0.15, 0.2) is 48.7 Å². The highest BCUT2D eigenvalue weighted by molar-refractivity contribution is 5.97. The molecule has 7 nitrogen and oxygen atoms in total. The van der Waals surface area contributed by atoms with Crippen LogP contribution in [-0.4, -0.2) is 48.1 Å². The Balaban J connectivity index is 1.51. The predicted octanol–water partition coefficient (Wildman–Crippen LogP) is 3.78. The van der Waals surface area contributed by atoms with Gasteiger partial charge in [-0.2, -0.15) is 0 Å². The van der Waals surface area contributed by atoms with Crippen LogP contribution in [0.25, 0.3) is 10.9 Å². The molecule has 3 aromatic rings. The van der Waals surface area contributed by atoms with Crippen molar-refractivity contribution in [3.8, 4) is 5.75 Å². The predicted molar refractivity (Wildman–Crippen MR) is 114 cm³/mol. The third kappa shape index (κ3) is 3.86. The smallest absolute Gasteiger partial charge is 0.278 e. The van der Waals surface area contributed by atoms with E-state index in [1.54, 1.807) is 31.5 Å². The number of nitrogens with zero attached hydrogens (tertiary/aromatic N) is 4. The number of nitro benzene ring substituents is 1. The van der Waals surface area contributed by atoms with E-state index in [1.165, 1.54) is 11.1 Å². The van der Waals surface area contributed by atoms with E-state index >= 15 is 0 Å². The van der Waals surface area contributed by atoms with Gasteiger partial charge in [0.2, 0.25) is 0 Å². The Morgan fingerprint density at radius 1 is 1.14 bits per heavy atom. The second kappa shape index (κ2) is 8.05. The number of aromatic nitrogens is 1. The number of hydrogen-bond donors (Lipinski definition) is 0. The number of hydrogen-bond acceptors (Lipinski definition) is 6. The molecule has 0 bridgehead atoms. The molecule has 0 saturated carbocycles. The number of aryl methyl sites for hydroxylation is 1. The normalized spacial score (nSPS) is 14.9. The highest BCUT2D eigenvalue weighted by Gasteiger charge is 2.22. The van der Waals surface area contributed by atoms with Gasteiger partial charge < -0.3 is 9.64 Å². The maximum absolute atomic E-state index is 11.3. The summed E-state index contributed by atoms with van der Waals surface area (Å²) in [5.41, 5.74) is 4.17. The van der Waals surface area contributed by atoms with Crippen molar-refractivity contribution >= 4 is 22.3 Å². The Morgan fingerprint density at radius 2 is 1.93 bits per heavy atom.